The van der Waals surface area contributed by atoms with E-state index < -0.39 is 9.84 Å². The van der Waals surface area contributed by atoms with Gasteiger partial charge in [0.2, 0.25) is 0 Å². The first-order valence-corrected chi connectivity index (χ1v) is 8.93. The summed E-state index contributed by atoms with van der Waals surface area (Å²) < 4.78 is 29.2. The molecular formula is C15H23NO3S. The van der Waals surface area contributed by atoms with Gasteiger partial charge in [-0.15, -0.1) is 0 Å². The molecule has 2 unspecified atom stereocenters. The van der Waals surface area contributed by atoms with E-state index in [2.05, 4.69) is 5.32 Å². The Labute approximate surface area is 121 Å². The summed E-state index contributed by atoms with van der Waals surface area (Å²) in [5.41, 5.74) is 1.07. The number of nitrogens with one attached hydrogen (secondary N) is 1. The molecule has 1 fully saturated rings. The number of hydrogen-bond donors (Lipinski definition) is 1. The fourth-order valence-electron chi connectivity index (χ4n) is 2.63. The number of rotatable bonds is 6. The molecule has 1 aromatic rings. The average molecular weight is 297 g/mol. The van der Waals surface area contributed by atoms with Crippen molar-refractivity contribution >= 4 is 9.84 Å². The van der Waals surface area contributed by atoms with Gasteiger partial charge in [-0.3, -0.25) is 0 Å². The maximum Gasteiger partial charge on any atom is 0.154 e. The molecule has 2 atom stereocenters. The number of sulfone groups is 1. The minimum atomic E-state index is -2.88. The van der Waals surface area contributed by atoms with Crippen LogP contribution in [0.5, 0.6) is 5.75 Å². The van der Waals surface area contributed by atoms with Gasteiger partial charge in [-0.25, -0.2) is 8.42 Å². The Kier molecular flexibility index (Phi) is 5.05. The molecule has 1 aliphatic heterocycles. The van der Waals surface area contributed by atoms with Gasteiger partial charge in [0, 0.05) is 18.2 Å². The van der Waals surface area contributed by atoms with E-state index in [9.17, 15) is 8.42 Å². The fourth-order valence-corrected chi connectivity index (χ4v) is 4.41. The molecule has 1 saturated heterocycles. The van der Waals surface area contributed by atoms with E-state index >= 15 is 0 Å². The lowest BCUT2D eigenvalue weighted by atomic mass is 10.1. The van der Waals surface area contributed by atoms with Crippen molar-refractivity contribution < 1.29 is 13.2 Å². The molecule has 4 nitrogen and oxygen atoms in total. The van der Waals surface area contributed by atoms with Gasteiger partial charge < -0.3 is 10.1 Å². The Hall–Kier alpha value is -1.07. The van der Waals surface area contributed by atoms with Crippen LogP contribution < -0.4 is 10.1 Å². The van der Waals surface area contributed by atoms with Gasteiger partial charge in [-0.2, -0.15) is 0 Å². The van der Waals surface area contributed by atoms with Gasteiger partial charge in [0.05, 0.1) is 17.6 Å². The lowest BCUT2D eigenvalue weighted by molar-refractivity contribution is 0.332. The second kappa shape index (κ2) is 6.59. The van der Waals surface area contributed by atoms with E-state index in [1.165, 1.54) is 0 Å². The van der Waals surface area contributed by atoms with Crippen LogP contribution in [0, 0.1) is 0 Å². The normalized spacial score (nSPS) is 22.6. The number of hydrogen-bond acceptors (Lipinski definition) is 4. The van der Waals surface area contributed by atoms with Crippen LogP contribution >= 0.6 is 0 Å². The molecule has 1 aliphatic rings. The smallest absolute Gasteiger partial charge is 0.154 e. The first-order valence-electron chi connectivity index (χ1n) is 7.21. The molecule has 2 rings (SSSR count). The zero-order chi connectivity index (χ0) is 14.6. The van der Waals surface area contributed by atoms with Crippen molar-refractivity contribution in [3.63, 3.8) is 0 Å². The topological polar surface area (TPSA) is 55.4 Å². The van der Waals surface area contributed by atoms with Crippen molar-refractivity contribution in [3.8, 4) is 5.75 Å². The summed E-state index contributed by atoms with van der Waals surface area (Å²) in [6.07, 6.45) is 1.56. The summed E-state index contributed by atoms with van der Waals surface area (Å²) in [5, 5.41) is 3.10. The van der Waals surface area contributed by atoms with Gasteiger partial charge in [-0.05, 0) is 32.8 Å². The quantitative estimate of drug-likeness (QED) is 0.875. The molecule has 0 aromatic heterocycles. The van der Waals surface area contributed by atoms with E-state index in [-0.39, 0.29) is 11.3 Å². The van der Waals surface area contributed by atoms with Crippen LogP contribution in [0.3, 0.4) is 0 Å². The highest BCUT2D eigenvalue weighted by Crippen LogP contribution is 2.26. The molecule has 0 aliphatic carbocycles. The van der Waals surface area contributed by atoms with Crippen molar-refractivity contribution in [2.24, 2.45) is 0 Å². The van der Waals surface area contributed by atoms with Crippen LogP contribution in [0.2, 0.25) is 0 Å². The van der Waals surface area contributed by atoms with Crippen LogP contribution in [0.1, 0.15) is 38.3 Å². The zero-order valence-electron chi connectivity index (χ0n) is 12.1. The Morgan fingerprint density at radius 1 is 1.40 bits per heavy atom. The summed E-state index contributed by atoms with van der Waals surface area (Å²) >= 11 is 0. The van der Waals surface area contributed by atoms with Gasteiger partial charge in [0.1, 0.15) is 5.75 Å². The Morgan fingerprint density at radius 2 is 2.15 bits per heavy atom. The zero-order valence-corrected chi connectivity index (χ0v) is 12.9. The SMILES string of the molecule is CCOc1ccccc1C(C)NCC1CCCS1(=O)=O. The average Bonchev–Trinajstić information content (AvgIpc) is 2.76. The van der Waals surface area contributed by atoms with Crippen molar-refractivity contribution in [1.82, 2.24) is 5.32 Å². The Morgan fingerprint density at radius 3 is 2.80 bits per heavy atom. The standard InChI is InChI=1S/C15H23NO3S/c1-3-19-15-9-5-4-8-14(15)12(2)16-11-13-7-6-10-20(13,17)18/h4-5,8-9,12-13,16H,3,6-7,10-11H2,1-2H3. The van der Waals surface area contributed by atoms with E-state index in [1.807, 2.05) is 38.1 Å². The predicted octanol–water partition coefficient (Wildman–Crippen LogP) is 2.31. The molecule has 0 spiro atoms. The Bertz CT molecular complexity index is 542. The first kappa shape index (κ1) is 15.3. The number of benzene rings is 1. The highest BCUT2D eigenvalue weighted by atomic mass is 32.2. The predicted molar refractivity (Wildman–Crippen MR) is 80.8 cm³/mol. The molecule has 20 heavy (non-hydrogen) atoms. The van der Waals surface area contributed by atoms with Gasteiger partial charge in [0.25, 0.3) is 0 Å². The van der Waals surface area contributed by atoms with Crippen LogP contribution in [-0.2, 0) is 9.84 Å². The largest absolute Gasteiger partial charge is 0.494 e. The van der Waals surface area contributed by atoms with Crippen molar-refractivity contribution in [2.45, 2.75) is 38.0 Å². The number of ether oxygens (including phenoxy) is 1. The van der Waals surface area contributed by atoms with E-state index in [0.29, 0.717) is 18.9 Å². The van der Waals surface area contributed by atoms with E-state index in [1.54, 1.807) is 0 Å². The van der Waals surface area contributed by atoms with Crippen LogP contribution in [-0.4, -0.2) is 32.6 Å². The maximum atomic E-state index is 11.8. The molecule has 112 valence electrons. The lowest BCUT2D eigenvalue weighted by Gasteiger charge is -2.19. The monoisotopic (exact) mass is 297 g/mol. The highest BCUT2D eigenvalue weighted by molar-refractivity contribution is 7.92. The van der Waals surface area contributed by atoms with Crippen molar-refractivity contribution in [3.05, 3.63) is 29.8 Å². The van der Waals surface area contributed by atoms with Crippen LogP contribution in [0.15, 0.2) is 24.3 Å². The molecule has 1 aromatic carbocycles. The lowest BCUT2D eigenvalue weighted by Crippen LogP contribution is -2.32. The number of para-hydroxylation sites is 1. The minimum Gasteiger partial charge on any atom is -0.494 e. The van der Waals surface area contributed by atoms with Gasteiger partial charge >= 0.3 is 0 Å². The van der Waals surface area contributed by atoms with Crippen LogP contribution in [0.4, 0.5) is 0 Å². The third-order valence-corrected chi connectivity index (χ3v) is 6.08. The molecule has 0 radical (unpaired) electrons. The highest BCUT2D eigenvalue weighted by Gasteiger charge is 2.31. The summed E-state index contributed by atoms with van der Waals surface area (Å²) in [4.78, 5) is 0. The second-order valence-electron chi connectivity index (χ2n) is 5.23. The molecule has 1 N–H and O–H groups in total. The fraction of sp³-hybridized carbons (Fsp3) is 0.600. The second-order valence-corrected chi connectivity index (χ2v) is 7.63. The summed E-state index contributed by atoms with van der Waals surface area (Å²) in [6.45, 7) is 5.14. The van der Waals surface area contributed by atoms with Crippen LogP contribution in [0.25, 0.3) is 0 Å². The Balaban J connectivity index is 2.00. The van der Waals surface area contributed by atoms with Crippen molar-refractivity contribution in [2.75, 3.05) is 18.9 Å². The van der Waals surface area contributed by atoms with E-state index in [4.69, 9.17) is 4.74 Å². The molecule has 0 saturated carbocycles. The van der Waals surface area contributed by atoms with Crippen molar-refractivity contribution in [1.29, 1.82) is 0 Å². The van der Waals surface area contributed by atoms with Gasteiger partial charge in [-0.1, -0.05) is 18.2 Å². The van der Waals surface area contributed by atoms with E-state index in [0.717, 1.165) is 24.2 Å². The minimum absolute atomic E-state index is 0.0774. The molecule has 0 amide bonds. The maximum absolute atomic E-state index is 11.8. The third-order valence-electron chi connectivity index (χ3n) is 3.80. The summed E-state index contributed by atoms with van der Waals surface area (Å²) in [6, 6.07) is 7.97. The molecule has 0 bridgehead atoms. The third kappa shape index (κ3) is 3.52. The van der Waals surface area contributed by atoms with Gasteiger partial charge in [0.15, 0.2) is 9.84 Å². The summed E-state index contributed by atoms with van der Waals surface area (Å²) in [5.74, 6) is 1.20. The molecule has 1 heterocycles. The summed E-state index contributed by atoms with van der Waals surface area (Å²) in [7, 11) is -2.88. The molecular weight excluding hydrogens is 274 g/mol. The molecule has 5 heteroatoms. The first-order chi connectivity index (χ1) is 9.54.